The highest BCUT2D eigenvalue weighted by Crippen LogP contribution is 2.32. The third-order valence-corrected chi connectivity index (χ3v) is 13.1. The van der Waals surface area contributed by atoms with Gasteiger partial charge in [0.05, 0.1) is 47.3 Å². The Morgan fingerprint density at radius 2 is 1.64 bits per heavy atom. The zero-order valence-corrected chi connectivity index (χ0v) is 39.2. The molecule has 4 N–H and O–H groups in total. The van der Waals surface area contributed by atoms with E-state index < -0.39 is 29.5 Å². The van der Waals surface area contributed by atoms with E-state index in [-0.39, 0.29) is 55.5 Å². The Morgan fingerprint density at radius 1 is 0.938 bits per heavy atom. The van der Waals surface area contributed by atoms with Crippen molar-refractivity contribution in [1.29, 1.82) is 0 Å². The summed E-state index contributed by atoms with van der Waals surface area (Å²) in [6.45, 7) is 11.7. The minimum absolute atomic E-state index is 0.00508. The van der Waals surface area contributed by atoms with E-state index in [1.54, 1.807) is 53.3 Å². The van der Waals surface area contributed by atoms with Gasteiger partial charge in [-0.05, 0) is 98.2 Å². The molecular weight excluding hydrogens is 852 g/mol. The third kappa shape index (κ3) is 11.4. The van der Waals surface area contributed by atoms with E-state index in [2.05, 4.69) is 20.9 Å². The van der Waals surface area contributed by atoms with Crippen LogP contribution in [-0.2, 0) is 25.6 Å². The number of aliphatic hydroxyl groups excluding tert-OH is 1. The standard InChI is InChI=1S/C49H59ClN6O7S/c1-29(32-13-15-33(16-14-32)44-30(2)52-28-64-44)53-46(60)41-24-36(57)27-55(41)48(62)45(49(4,5)6)54-42(58)12-10-8-9-11-23-51-43(59)26-38-31(3)56(40-22-21-37(63-7)25-39(38)40)47(61)34-17-19-35(50)20-18-34/h13-22,25,28-29,36,41,45,57H,8-12,23-24,26-27H2,1-7H3,(H,51,59)(H,53,60)(H,54,58)/t29-,36+,41-,45+/m0/s1. The van der Waals surface area contributed by atoms with Crippen LogP contribution >= 0.6 is 22.9 Å². The summed E-state index contributed by atoms with van der Waals surface area (Å²) < 4.78 is 7.08. The number of methoxy groups -OCH3 is 1. The summed E-state index contributed by atoms with van der Waals surface area (Å²) in [7, 11) is 1.57. The topological polar surface area (TPSA) is 172 Å². The number of likely N-dealkylation sites (tertiary alicyclic amines) is 1. The second kappa shape index (κ2) is 21.0. The summed E-state index contributed by atoms with van der Waals surface area (Å²) in [4.78, 5) is 74.7. The Bertz CT molecular complexity index is 2480. The molecule has 3 aromatic carbocycles. The molecule has 0 radical (unpaired) electrons. The molecule has 6 rings (SSSR count). The van der Waals surface area contributed by atoms with Gasteiger partial charge in [-0.3, -0.25) is 28.5 Å². The summed E-state index contributed by atoms with van der Waals surface area (Å²) >= 11 is 7.63. The first-order valence-electron chi connectivity index (χ1n) is 21.8. The Kier molecular flexibility index (Phi) is 15.7. The van der Waals surface area contributed by atoms with E-state index in [1.807, 2.05) is 83.5 Å². The molecule has 1 aliphatic rings. The lowest BCUT2D eigenvalue weighted by molar-refractivity contribution is -0.144. The number of unbranched alkanes of at least 4 members (excludes halogenated alkanes) is 3. The molecule has 64 heavy (non-hydrogen) atoms. The first-order valence-corrected chi connectivity index (χ1v) is 23.1. The number of ether oxygens (including phenoxy) is 1. The van der Waals surface area contributed by atoms with E-state index in [0.717, 1.165) is 45.5 Å². The van der Waals surface area contributed by atoms with E-state index >= 15 is 0 Å². The lowest BCUT2D eigenvalue weighted by Gasteiger charge is -2.35. The zero-order chi connectivity index (χ0) is 46.3. The van der Waals surface area contributed by atoms with Crippen molar-refractivity contribution in [2.75, 3.05) is 20.2 Å². The average molecular weight is 912 g/mol. The fraction of sp³-hybridized carbons (Fsp3) is 0.429. The summed E-state index contributed by atoms with van der Waals surface area (Å²) in [6.07, 6.45) is 2.32. The van der Waals surface area contributed by atoms with Gasteiger partial charge in [0, 0.05) is 47.6 Å². The number of aliphatic hydroxyl groups is 1. The number of halogens is 1. The molecule has 0 spiro atoms. The van der Waals surface area contributed by atoms with E-state index in [4.69, 9.17) is 16.3 Å². The number of thiazole rings is 1. The van der Waals surface area contributed by atoms with Gasteiger partial charge < -0.3 is 30.7 Å². The summed E-state index contributed by atoms with van der Waals surface area (Å²) in [5.41, 5.74) is 6.61. The van der Waals surface area contributed by atoms with Crippen molar-refractivity contribution in [2.45, 2.75) is 111 Å². The monoisotopic (exact) mass is 910 g/mol. The highest BCUT2D eigenvalue weighted by molar-refractivity contribution is 7.13. The molecule has 0 unspecified atom stereocenters. The second-order valence-corrected chi connectivity index (χ2v) is 19.0. The van der Waals surface area contributed by atoms with Crippen LogP contribution in [0.1, 0.15) is 105 Å². The maximum atomic E-state index is 14.1. The molecule has 1 aliphatic heterocycles. The van der Waals surface area contributed by atoms with Gasteiger partial charge >= 0.3 is 0 Å². The lowest BCUT2D eigenvalue weighted by Crippen LogP contribution is -2.57. The van der Waals surface area contributed by atoms with Crippen molar-refractivity contribution in [2.24, 2.45) is 5.41 Å². The van der Waals surface area contributed by atoms with Gasteiger partial charge in [0.25, 0.3) is 5.91 Å². The van der Waals surface area contributed by atoms with Crippen molar-refractivity contribution in [3.05, 3.63) is 105 Å². The molecule has 0 aliphatic carbocycles. The maximum absolute atomic E-state index is 14.1. The molecule has 5 aromatic rings. The van der Waals surface area contributed by atoms with Crippen LogP contribution in [-0.4, -0.2) is 87.5 Å². The summed E-state index contributed by atoms with van der Waals surface area (Å²) in [5, 5.41) is 20.9. The number of nitrogens with zero attached hydrogens (tertiary/aromatic N) is 3. The van der Waals surface area contributed by atoms with Crippen LogP contribution in [0.5, 0.6) is 5.75 Å². The van der Waals surface area contributed by atoms with Crippen molar-refractivity contribution in [3.63, 3.8) is 0 Å². The predicted octanol–water partition coefficient (Wildman–Crippen LogP) is 7.71. The van der Waals surface area contributed by atoms with Gasteiger partial charge in [-0.1, -0.05) is 69.5 Å². The molecule has 0 bridgehead atoms. The summed E-state index contributed by atoms with van der Waals surface area (Å²) in [5.74, 6) is -0.817. The minimum Gasteiger partial charge on any atom is -0.497 e. The van der Waals surface area contributed by atoms with Gasteiger partial charge in [0.2, 0.25) is 23.6 Å². The molecule has 340 valence electrons. The molecule has 3 heterocycles. The van der Waals surface area contributed by atoms with Gasteiger partial charge in [0.15, 0.2) is 0 Å². The van der Waals surface area contributed by atoms with Gasteiger partial charge in [-0.2, -0.15) is 0 Å². The first-order chi connectivity index (χ1) is 30.5. The van der Waals surface area contributed by atoms with Crippen molar-refractivity contribution in [3.8, 4) is 16.2 Å². The van der Waals surface area contributed by atoms with Crippen molar-refractivity contribution < 1.29 is 33.8 Å². The van der Waals surface area contributed by atoms with Crippen LogP contribution in [0.4, 0.5) is 0 Å². The number of nitrogens with one attached hydrogen (secondary N) is 3. The van der Waals surface area contributed by atoms with Gasteiger partial charge in [-0.25, -0.2) is 4.98 Å². The van der Waals surface area contributed by atoms with Crippen molar-refractivity contribution in [1.82, 2.24) is 30.4 Å². The molecule has 4 amide bonds. The van der Waals surface area contributed by atoms with Crippen LogP contribution in [0.25, 0.3) is 21.3 Å². The quantitative estimate of drug-likeness (QED) is 0.0688. The lowest BCUT2D eigenvalue weighted by atomic mass is 9.85. The Balaban J connectivity index is 0.964. The van der Waals surface area contributed by atoms with Gasteiger partial charge in [-0.15, -0.1) is 11.3 Å². The largest absolute Gasteiger partial charge is 0.497 e. The number of carbonyl (C=O) groups is 5. The van der Waals surface area contributed by atoms with E-state index in [9.17, 15) is 29.1 Å². The Hall–Kier alpha value is -5.57. The minimum atomic E-state index is -0.912. The number of fused-ring (bicyclic) bond motifs is 1. The molecule has 2 aromatic heterocycles. The third-order valence-electron chi connectivity index (χ3n) is 11.9. The predicted molar refractivity (Wildman–Crippen MR) is 251 cm³/mol. The van der Waals surface area contributed by atoms with E-state index in [1.165, 1.54) is 4.90 Å². The van der Waals surface area contributed by atoms with E-state index in [0.29, 0.717) is 46.9 Å². The number of aryl methyl sites for hydroxylation is 1. The SMILES string of the molecule is COc1ccc2c(c1)c(CC(=O)NCCCCCCC(=O)N[C@H](C(=O)N1C[C@H](O)C[C@H]1C(=O)N[C@@H](C)c1ccc(-c3scnc3C)cc1)C(C)(C)C)c(C)n2C(=O)c1ccc(Cl)cc1. The molecule has 1 saturated heterocycles. The first kappa shape index (κ1) is 47.9. The maximum Gasteiger partial charge on any atom is 0.262 e. The number of carbonyl (C=O) groups excluding carboxylic acids is 5. The molecule has 15 heteroatoms. The number of hydrogen-bond acceptors (Lipinski definition) is 9. The highest BCUT2D eigenvalue weighted by atomic mass is 35.5. The smallest absolute Gasteiger partial charge is 0.262 e. The fourth-order valence-electron chi connectivity index (χ4n) is 8.26. The Labute approximate surface area is 383 Å². The number of rotatable bonds is 17. The van der Waals surface area contributed by atoms with Crippen LogP contribution < -0.4 is 20.7 Å². The van der Waals surface area contributed by atoms with Crippen molar-refractivity contribution >= 4 is 63.4 Å². The van der Waals surface area contributed by atoms with Gasteiger partial charge in [0.1, 0.15) is 17.8 Å². The van der Waals surface area contributed by atoms with Crippen LogP contribution in [0.3, 0.4) is 0 Å². The molecule has 13 nitrogen and oxygen atoms in total. The normalized spacial score (nSPS) is 16.0. The molecule has 4 atom stereocenters. The highest BCUT2D eigenvalue weighted by Gasteiger charge is 2.44. The number of hydrogen-bond donors (Lipinski definition) is 4. The van der Waals surface area contributed by atoms with Crippen LogP contribution in [0.2, 0.25) is 5.02 Å². The Morgan fingerprint density at radius 3 is 2.30 bits per heavy atom. The number of aromatic nitrogens is 2. The molecule has 1 fully saturated rings. The second-order valence-electron chi connectivity index (χ2n) is 17.7. The fourth-order valence-corrected chi connectivity index (χ4v) is 9.20. The van der Waals surface area contributed by atoms with Crippen LogP contribution in [0.15, 0.2) is 72.2 Å². The molecule has 0 saturated carbocycles. The zero-order valence-electron chi connectivity index (χ0n) is 37.6. The summed E-state index contributed by atoms with van der Waals surface area (Å²) in [6, 6.07) is 17.9. The number of β-amino-alcohol motifs (C(OH)–C–C–N with tert-alkyl or cyclic N) is 1. The number of amides is 4. The number of benzene rings is 3. The average Bonchev–Trinajstić information content (AvgIpc) is 3.96. The van der Waals surface area contributed by atoms with Crippen LogP contribution in [0, 0.1) is 19.3 Å². The molecular formula is C49H59ClN6O7S.